The van der Waals surface area contributed by atoms with Crippen LogP contribution in [0.2, 0.25) is 0 Å². The van der Waals surface area contributed by atoms with Crippen molar-refractivity contribution >= 4 is 0 Å². The van der Waals surface area contributed by atoms with E-state index in [0.717, 1.165) is 11.1 Å². The second-order valence-corrected chi connectivity index (χ2v) is 3.71. The van der Waals surface area contributed by atoms with Crippen LogP contribution in [-0.4, -0.2) is 7.11 Å². The molecule has 0 saturated heterocycles. The summed E-state index contributed by atoms with van der Waals surface area (Å²) in [6.07, 6.45) is 0. The van der Waals surface area contributed by atoms with E-state index < -0.39 is 0 Å². The number of methoxy groups -OCH3 is 1. The quantitative estimate of drug-likeness (QED) is 0.741. The van der Waals surface area contributed by atoms with Crippen LogP contribution in [0, 0.1) is 12.7 Å². The van der Waals surface area contributed by atoms with Crippen molar-refractivity contribution in [1.29, 1.82) is 0 Å². The molecule has 0 N–H and O–H groups in total. The molecule has 82 valence electrons. The first kappa shape index (κ1) is 10.7. The molecule has 0 radical (unpaired) electrons. The zero-order valence-corrected chi connectivity index (χ0v) is 9.33. The lowest BCUT2D eigenvalue weighted by molar-refractivity contribution is 0.413. The van der Waals surface area contributed by atoms with Gasteiger partial charge in [0.2, 0.25) is 0 Å². The van der Waals surface area contributed by atoms with Crippen LogP contribution in [0.25, 0.3) is 11.1 Å². The Morgan fingerprint density at radius 2 is 1.88 bits per heavy atom. The van der Waals surface area contributed by atoms with Crippen LogP contribution in [-0.2, 0) is 0 Å². The zero-order chi connectivity index (χ0) is 11.5. The van der Waals surface area contributed by atoms with Gasteiger partial charge >= 0.3 is 0 Å². The highest BCUT2D eigenvalue weighted by atomic mass is 19.1. The van der Waals surface area contributed by atoms with Crippen LogP contribution in [0.5, 0.6) is 5.75 Å². The van der Waals surface area contributed by atoms with Crippen molar-refractivity contribution < 1.29 is 9.13 Å². The molecule has 0 spiro atoms. The molecule has 0 unspecified atom stereocenters. The maximum absolute atomic E-state index is 13.0. The smallest absolute Gasteiger partial charge is 0.129 e. The lowest BCUT2D eigenvalue weighted by atomic mass is 10.0. The third-order valence-electron chi connectivity index (χ3n) is 2.49. The Bertz CT molecular complexity index is 506. The van der Waals surface area contributed by atoms with Crippen LogP contribution in [0.15, 0.2) is 42.5 Å². The van der Waals surface area contributed by atoms with E-state index in [-0.39, 0.29) is 5.82 Å². The third-order valence-corrected chi connectivity index (χ3v) is 2.49. The molecule has 0 saturated carbocycles. The summed E-state index contributed by atoms with van der Waals surface area (Å²) in [4.78, 5) is 0. The number of rotatable bonds is 2. The molecule has 0 fully saturated rings. The summed E-state index contributed by atoms with van der Waals surface area (Å²) in [6.45, 7) is 2.03. The van der Waals surface area contributed by atoms with E-state index in [1.54, 1.807) is 13.2 Å². The highest BCUT2D eigenvalue weighted by Crippen LogP contribution is 2.30. The average molecular weight is 216 g/mol. The first-order valence-electron chi connectivity index (χ1n) is 5.11. The number of hydrogen-bond donors (Lipinski definition) is 0. The average Bonchev–Trinajstić information content (AvgIpc) is 2.28. The summed E-state index contributed by atoms with van der Waals surface area (Å²) in [7, 11) is 1.55. The molecule has 2 aromatic carbocycles. The molecular formula is C14H13FO. The summed E-state index contributed by atoms with van der Waals surface area (Å²) in [5.41, 5.74) is 3.12. The Balaban J connectivity index is 2.55. The largest absolute Gasteiger partial charge is 0.496 e. The van der Waals surface area contributed by atoms with Crippen molar-refractivity contribution in [3.8, 4) is 16.9 Å². The standard InChI is InChI=1S/C14H13FO/c1-10-4-3-5-11(8-10)13-7-6-12(15)9-14(13)16-2/h3-9H,1-2H3. The first-order chi connectivity index (χ1) is 7.70. The molecule has 0 aliphatic carbocycles. The maximum Gasteiger partial charge on any atom is 0.129 e. The molecule has 16 heavy (non-hydrogen) atoms. The van der Waals surface area contributed by atoms with Gasteiger partial charge in [-0.05, 0) is 24.6 Å². The van der Waals surface area contributed by atoms with E-state index in [1.807, 2.05) is 25.1 Å². The lowest BCUT2D eigenvalue weighted by Crippen LogP contribution is -1.89. The summed E-state index contributed by atoms with van der Waals surface area (Å²) < 4.78 is 18.2. The summed E-state index contributed by atoms with van der Waals surface area (Å²) >= 11 is 0. The highest BCUT2D eigenvalue weighted by molar-refractivity contribution is 5.70. The van der Waals surface area contributed by atoms with Crippen molar-refractivity contribution in [3.63, 3.8) is 0 Å². The van der Waals surface area contributed by atoms with Gasteiger partial charge in [-0.2, -0.15) is 0 Å². The Labute approximate surface area is 94.5 Å². The molecule has 1 nitrogen and oxygen atoms in total. The molecule has 2 aromatic rings. The number of hydrogen-bond acceptors (Lipinski definition) is 1. The van der Waals surface area contributed by atoms with Crippen molar-refractivity contribution in [1.82, 2.24) is 0 Å². The van der Waals surface area contributed by atoms with Gasteiger partial charge in [0.25, 0.3) is 0 Å². The van der Waals surface area contributed by atoms with Crippen LogP contribution in [0.4, 0.5) is 4.39 Å². The summed E-state index contributed by atoms with van der Waals surface area (Å²) in [5.74, 6) is 0.277. The van der Waals surface area contributed by atoms with E-state index >= 15 is 0 Å². The second kappa shape index (κ2) is 4.35. The Hall–Kier alpha value is -1.83. The normalized spacial score (nSPS) is 10.2. The minimum atomic E-state index is -0.284. The molecule has 0 atom stereocenters. The number of benzene rings is 2. The van der Waals surface area contributed by atoms with E-state index in [1.165, 1.54) is 17.7 Å². The predicted molar refractivity (Wildman–Crippen MR) is 63.1 cm³/mol. The Morgan fingerprint density at radius 3 is 2.56 bits per heavy atom. The maximum atomic E-state index is 13.0. The highest BCUT2D eigenvalue weighted by Gasteiger charge is 2.06. The lowest BCUT2D eigenvalue weighted by Gasteiger charge is -2.09. The van der Waals surface area contributed by atoms with Gasteiger partial charge in [-0.3, -0.25) is 0 Å². The van der Waals surface area contributed by atoms with Crippen molar-refractivity contribution in [2.45, 2.75) is 6.92 Å². The van der Waals surface area contributed by atoms with Crippen LogP contribution in [0.1, 0.15) is 5.56 Å². The van der Waals surface area contributed by atoms with Crippen LogP contribution in [0.3, 0.4) is 0 Å². The molecule has 0 aliphatic rings. The van der Waals surface area contributed by atoms with Gasteiger partial charge in [-0.15, -0.1) is 0 Å². The SMILES string of the molecule is COc1cc(F)ccc1-c1cccc(C)c1. The van der Waals surface area contributed by atoms with Gasteiger partial charge in [0.15, 0.2) is 0 Å². The zero-order valence-electron chi connectivity index (χ0n) is 9.33. The molecule has 0 heterocycles. The fourth-order valence-corrected chi connectivity index (χ4v) is 1.72. The Kier molecular flexibility index (Phi) is 2.91. The predicted octanol–water partition coefficient (Wildman–Crippen LogP) is 3.81. The fourth-order valence-electron chi connectivity index (χ4n) is 1.72. The second-order valence-electron chi connectivity index (χ2n) is 3.71. The van der Waals surface area contributed by atoms with E-state index in [0.29, 0.717) is 5.75 Å². The Morgan fingerprint density at radius 1 is 1.06 bits per heavy atom. The summed E-state index contributed by atoms with van der Waals surface area (Å²) in [6, 6.07) is 12.6. The van der Waals surface area contributed by atoms with Gasteiger partial charge in [0.1, 0.15) is 11.6 Å². The van der Waals surface area contributed by atoms with Gasteiger partial charge in [0, 0.05) is 11.6 Å². The van der Waals surface area contributed by atoms with Crippen molar-refractivity contribution in [3.05, 3.63) is 53.8 Å². The molecule has 0 amide bonds. The van der Waals surface area contributed by atoms with E-state index in [2.05, 4.69) is 6.07 Å². The van der Waals surface area contributed by atoms with Crippen molar-refractivity contribution in [2.24, 2.45) is 0 Å². The van der Waals surface area contributed by atoms with Gasteiger partial charge in [-0.25, -0.2) is 4.39 Å². The van der Waals surface area contributed by atoms with Crippen molar-refractivity contribution in [2.75, 3.05) is 7.11 Å². The molecule has 0 aliphatic heterocycles. The van der Waals surface area contributed by atoms with Gasteiger partial charge < -0.3 is 4.74 Å². The number of halogens is 1. The summed E-state index contributed by atoms with van der Waals surface area (Å²) in [5, 5.41) is 0. The van der Waals surface area contributed by atoms with E-state index in [9.17, 15) is 4.39 Å². The number of aryl methyl sites for hydroxylation is 1. The monoisotopic (exact) mass is 216 g/mol. The third kappa shape index (κ3) is 2.06. The minimum absolute atomic E-state index is 0.284. The fraction of sp³-hybridized carbons (Fsp3) is 0.143. The van der Waals surface area contributed by atoms with Gasteiger partial charge in [-0.1, -0.05) is 29.8 Å². The van der Waals surface area contributed by atoms with Crippen LogP contribution < -0.4 is 4.74 Å². The minimum Gasteiger partial charge on any atom is -0.496 e. The molecule has 2 rings (SSSR count). The molecule has 2 heteroatoms. The molecular weight excluding hydrogens is 203 g/mol. The van der Waals surface area contributed by atoms with Crippen LogP contribution >= 0.6 is 0 Å². The molecule has 0 bridgehead atoms. The van der Waals surface area contributed by atoms with Gasteiger partial charge in [0.05, 0.1) is 7.11 Å². The molecule has 0 aromatic heterocycles. The number of ether oxygens (including phenoxy) is 1. The first-order valence-corrected chi connectivity index (χ1v) is 5.11. The van der Waals surface area contributed by atoms with E-state index in [4.69, 9.17) is 4.74 Å². The topological polar surface area (TPSA) is 9.23 Å².